The number of hydrogen-bond donors (Lipinski definition) is 0. The average Bonchev–Trinajstić information content (AvgIpc) is 3.02. The van der Waals surface area contributed by atoms with Gasteiger partial charge in [0.1, 0.15) is 0 Å². The molecule has 0 fully saturated rings. The van der Waals surface area contributed by atoms with Crippen molar-refractivity contribution in [2.45, 2.75) is 32.1 Å². The van der Waals surface area contributed by atoms with E-state index in [0.717, 1.165) is 25.4 Å². The minimum absolute atomic E-state index is 0.165. The molecule has 4 rings (SSSR count). The van der Waals surface area contributed by atoms with Gasteiger partial charge < -0.3 is 0 Å². The Morgan fingerprint density at radius 1 is 0.575 bits per heavy atom. The first-order valence-corrected chi connectivity index (χ1v) is 18.1. The van der Waals surface area contributed by atoms with Gasteiger partial charge in [-0.1, -0.05) is 30.3 Å². The zero-order chi connectivity index (χ0) is 28.3. The molecule has 0 saturated carbocycles. The summed E-state index contributed by atoms with van der Waals surface area (Å²) in [4.78, 5) is 36.5. The predicted molar refractivity (Wildman–Crippen MR) is 169 cm³/mol. The fourth-order valence-corrected chi connectivity index (χ4v) is 12.9. The van der Waals surface area contributed by atoms with Crippen LogP contribution in [0.2, 0.25) is 0 Å². The number of hydrogen-bond acceptors (Lipinski definition) is 4. The molecule has 4 aromatic carbocycles. The van der Waals surface area contributed by atoms with Gasteiger partial charge in [0.2, 0.25) is 0 Å². The Morgan fingerprint density at radius 3 is 1.48 bits per heavy atom. The van der Waals surface area contributed by atoms with Crippen molar-refractivity contribution >= 4 is 54.2 Å². The molecule has 0 radical (unpaired) electrons. The second-order valence-corrected chi connectivity index (χ2v) is 18.9. The molecule has 0 aliphatic heterocycles. The van der Waals surface area contributed by atoms with Gasteiger partial charge in [-0.3, -0.25) is 0 Å². The molecule has 206 valence electrons. The van der Waals surface area contributed by atoms with Crippen molar-refractivity contribution in [3.63, 3.8) is 0 Å². The van der Waals surface area contributed by atoms with Crippen LogP contribution >= 0.6 is 20.8 Å². The molecule has 4 aromatic rings. The SMILES string of the molecule is O=C(CC(=O)c1ccccc1)C(=O)OCCCCCCP(Br)(c1ccccc1)(c1ccccc1)c1ccccc1. The van der Waals surface area contributed by atoms with E-state index >= 15 is 0 Å². The quantitative estimate of drug-likeness (QED) is 0.0392. The second-order valence-electron chi connectivity index (χ2n) is 9.85. The molecule has 6 heteroatoms. The van der Waals surface area contributed by atoms with Crippen LogP contribution in [-0.2, 0) is 14.3 Å². The Morgan fingerprint density at radius 2 is 1.00 bits per heavy atom. The summed E-state index contributed by atoms with van der Waals surface area (Å²) in [5.74, 6) is -2.13. The maximum absolute atomic E-state index is 12.2. The van der Waals surface area contributed by atoms with Crippen LogP contribution in [0.3, 0.4) is 0 Å². The topological polar surface area (TPSA) is 60.4 Å². The Bertz CT molecular complexity index is 1310. The number of carbonyl (C=O) groups is 3. The molecule has 4 nitrogen and oxygen atoms in total. The van der Waals surface area contributed by atoms with Crippen LogP contribution in [0.1, 0.15) is 42.5 Å². The summed E-state index contributed by atoms with van der Waals surface area (Å²) in [6, 6.07) is 40.6. The van der Waals surface area contributed by atoms with Gasteiger partial charge in [0.25, 0.3) is 0 Å². The van der Waals surface area contributed by atoms with Gasteiger partial charge in [-0.05, 0) is 0 Å². The van der Waals surface area contributed by atoms with Gasteiger partial charge in [0.15, 0.2) is 0 Å². The Labute approximate surface area is 244 Å². The number of rotatable bonds is 14. The zero-order valence-corrected chi connectivity index (χ0v) is 24.9. The standard InChI is InChI=1S/C34H34BrO4P/c35-40(29-19-9-4-10-20-29,30-21-11-5-12-22-30,31-23-13-6-14-24-31)26-16-2-1-15-25-39-34(38)33(37)27-32(36)28-17-7-3-8-18-28/h3-14,17-24H,1-2,15-16,25-27H2. The molecule has 0 aliphatic carbocycles. The van der Waals surface area contributed by atoms with Crippen molar-refractivity contribution in [3.05, 3.63) is 127 Å². The molecule has 40 heavy (non-hydrogen) atoms. The Balaban J connectivity index is 1.36. The van der Waals surface area contributed by atoms with Gasteiger partial charge in [0.05, 0.1) is 0 Å². The van der Waals surface area contributed by atoms with E-state index in [4.69, 9.17) is 4.74 Å². The number of halogens is 1. The van der Waals surface area contributed by atoms with Crippen LogP contribution in [0.15, 0.2) is 121 Å². The number of esters is 1. The first-order chi connectivity index (χ1) is 19.4. The summed E-state index contributed by atoms with van der Waals surface area (Å²) in [6.45, 7) is 0.165. The molecular weight excluding hydrogens is 583 g/mol. The molecular formula is C34H34BrO4P. The van der Waals surface area contributed by atoms with Crippen molar-refractivity contribution in [2.24, 2.45) is 0 Å². The fourth-order valence-electron chi connectivity index (χ4n) is 5.10. The van der Waals surface area contributed by atoms with Gasteiger partial charge in [-0.15, -0.1) is 0 Å². The van der Waals surface area contributed by atoms with Crippen LogP contribution in [0.4, 0.5) is 0 Å². The Hall–Kier alpha value is -3.40. The van der Waals surface area contributed by atoms with E-state index in [-0.39, 0.29) is 12.4 Å². The van der Waals surface area contributed by atoms with Crippen molar-refractivity contribution in [2.75, 3.05) is 12.8 Å². The summed E-state index contributed by atoms with van der Waals surface area (Å²) < 4.78 is 5.17. The van der Waals surface area contributed by atoms with Gasteiger partial charge in [-0.25, -0.2) is 0 Å². The molecule has 0 amide bonds. The summed E-state index contributed by atoms with van der Waals surface area (Å²) >= 11 is 4.47. The van der Waals surface area contributed by atoms with Gasteiger partial charge in [0, 0.05) is 0 Å². The van der Waals surface area contributed by atoms with Gasteiger partial charge in [-0.2, -0.15) is 0 Å². The number of ether oxygens (including phenoxy) is 1. The van der Waals surface area contributed by atoms with Crippen molar-refractivity contribution in [3.8, 4) is 0 Å². The van der Waals surface area contributed by atoms with Crippen LogP contribution in [0.5, 0.6) is 0 Å². The van der Waals surface area contributed by atoms with Crippen LogP contribution < -0.4 is 15.9 Å². The van der Waals surface area contributed by atoms with E-state index in [9.17, 15) is 14.4 Å². The third kappa shape index (κ3) is 6.66. The number of benzene rings is 4. The molecule has 0 heterocycles. The zero-order valence-electron chi connectivity index (χ0n) is 22.5. The summed E-state index contributed by atoms with van der Waals surface area (Å²) in [5, 5.41) is 0.951. The van der Waals surface area contributed by atoms with E-state index in [1.54, 1.807) is 30.3 Å². The van der Waals surface area contributed by atoms with E-state index in [0.29, 0.717) is 12.0 Å². The van der Waals surface area contributed by atoms with E-state index in [1.807, 2.05) is 0 Å². The maximum atomic E-state index is 12.2. The molecule has 0 atom stereocenters. The number of carbonyl (C=O) groups excluding carboxylic acids is 3. The van der Waals surface area contributed by atoms with Crippen LogP contribution in [0, 0.1) is 0 Å². The average molecular weight is 618 g/mol. The molecule has 0 bridgehead atoms. The third-order valence-electron chi connectivity index (χ3n) is 7.23. The first kappa shape index (κ1) is 29.6. The molecule has 0 aromatic heterocycles. The van der Waals surface area contributed by atoms with Crippen molar-refractivity contribution in [1.29, 1.82) is 0 Å². The van der Waals surface area contributed by atoms with E-state index in [2.05, 4.69) is 106 Å². The summed E-state index contributed by atoms with van der Waals surface area (Å²) in [5.41, 5.74) is 0.411. The van der Waals surface area contributed by atoms with Crippen molar-refractivity contribution < 1.29 is 19.1 Å². The second kappa shape index (κ2) is 13.8. The number of unbranched alkanes of at least 4 members (excludes halogenated alkanes) is 3. The van der Waals surface area contributed by atoms with Crippen LogP contribution in [0.25, 0.3) is 0 Å². The molecule has 0 N–H and O–H groups in total. The molecule has 0 saturated heterocycles. The van der Waals surface area contributed by atoms with E-state index in [1.165, 1.54) is 15.9 Å². The van der Waals surface area contributed by atoms with E-state index < -0.39 is 23.5 Å². The van der Waals surface area contributed by atoms with Crippen LogP contribution in [-0.4, -0.2) is 30.3 Å². The predicted octanol–water partition coefficient (Wildman–Crippen LogP) is 6.77. The summed E-state index contributed by atoms with van der Waals surface area (Å²) in [6.07, 6.45) is 3.92. The minimum atomic E-state index is -2.93. The van der Waals surface area contributed by atoms with Crippen molar-refractivity contribution in [1.82, 2.24) is 0 Å². The molecule has 0 unspecified atom stereocenters. The third-order valence-corrected chi connectivity index (χ3v) is 17.3. The Kier molecular flexibility index (Phi) is 10.2. The van der Waals surface area contributed by atoms with Gasteiger partial charge >= 0.3 is 215 Å². The summed E-state index contributed by atoms with van der Waals surface area (Å²) in [7, 11) is 0. The number of ketones is 2. The molecule has 0 spiro atoms. The normalized spacial score (nSPS) is 12.2. The number of Topliss-reactive ketones (excluding diaryl/α,β-unsaturated/α-hetero) is 2. The monoisotopic (exact) mass is 616 g/mol. The fraction of sp³-hybridized carbons (Fsp3) is 0.206. The molecule has 0 aliphatic rings. The first-order valence-electron chi connectivity index (χ1n) is 13.6.